The molecular weight excluding hydrogens is 200 g/mol. The lowest BCUT2D eigenvalue weighted by atomic mass is 10.3. The first-order valence-electron chi connectivity index (χ1n) is 4.34. The molecule has 0 atom stereocenters. The number of aromatic nitrogens is 4. The van der Waals surface area contributed by atoms with Gasteiger partial charge in [0, 0.05) is 19.4 Å². The minimum atomic E-state index is 0.656. The summed E-state index contributed by atoms with van der Waals surface area (Å²) >= 11 is 6.11. The van der Waals surface area contributed by atoms with E-state index in [4.69, 9.17) is 11.6 Å². The predicted molar refractivity (Wildman–Crippen MR) is 54.3 cm³/mol. The quantitative estimate of drug-likeness (QED) is 0.755. The van der Waals surface area contributed by atoms with Crippen molar-refractivity contribution < 1.29 is 0 Å². The average molecular weight is 211 g/mol. The minimum Gasteiger partial charge on any atom is -0.269 e. The van der Waals surface area contributed by atoms with E-state index in [1.807, 2.05) is 30.9 Å². The summed E-state index contributed by atoms with van der Waals surface area (Å²) in [6.45, 7) is 2.55. The Balaban J connectivity index is 2.33. The van der Waals surface area contributed by atoms with Gasteiger partial charge in [0.2, 0.25) is 0 Å². The number of nitrogens with zero attached hydrogens (tertiary/aromatic N) is 4. The second-order valence-corrected chi connectivity index (χ2v) is 3.55. The summed E-state index contributed by atoms with van der Waals surface area (Å²) in [4.78, 5) is 0. The normalized spacial score (nSPS) is 10.8. The SMILES string of the molecule is Cc1nn(C)c(Cn2cccn2)c1Cl. The molecule has 0 unspecified atom stereocenters. The van der Waals surface area contributed by atoms with Crippen LogP contribution in [-0.4, -0.2) is 19.6 Å². The predicted octanol–water partition coefficient (Wildman–Crippen LogP) is 1.63. The van der Waals surface area contributed by atoms with E-state index in [9.17, 15) is 0 Å². The van der Waals surface area contributed by atoms with Crippen LogP contribution in [0.1, 0.15) is 11.4 Å². The molecule has 0 fully saturated rings. The number of halogens is 1. The molecule has 0 saturated carbocycles. The molecule has 14 heavy (non-hydrogen) atoms. The van der Waals surface area contributed by atoms with Crippen LogP contribution in [0.3, 0.4) is 0 Å². The van der Waals surface area contributed by atoms with Crippen molar-refractivity contribution in [1.29, 1.82) is 0 Å². The van der Waals surface area contributed by atoms with Crippen LogP contribution in [0, 0.1) is 6.92 Å². The highest BCUT2D eigenvalue weighted by molar-refractivity contribution is 6.31. The summed E-state index contributed by atoms with van der Waals surface area (Å²) in [5, 5.41) is 9.08. The van der Waals surface area contributed by atoms with Crippen LogP contribution in [0.4, 0.5) is 0 Å². The van der Waals surface area contributed by atoms with E-state index in [0.717, 1.165) is 16.4 Å². The van der Waals surface area contributed by atoms with Crippen molar-refractivity contribution in [3.8, 4) is 0 Å². The van der Waals surface area contributed by atoms with E-state index in [-0.39, 0.29) is 0 Å². The van der Waals surface area contributed by atoms with Gasteiger partial charge < -0.3 is 0 Å². The molecule has 2 heterocycles. The molecule has 0 aromatic carbocycles. The van der Waals surface area contributed by atoms with Gasteiger partial charge in [-0.05, 0) is 13.0 Å². The smallest absolute Gasteiger partial charge is 0.0866 e. The molecule has 0 radical (unpaired) electrons. The van der Waals surface area contributed by atoms with Gasteiger partial charge in [-0.25, -0.2) is 0 Å². The van der Waals surface area contributed by atoms with E-state index >= 15 is 0 Å². The lowest BCUT2D eigenvalue weighted by molar-refractivity contribution is 0.619. The summed E-state index contributed by atoms with van der Waals surface area (Å²) in [5.41, 5.74) is 1.84. The fourth-order valence-electron chi connectivity index (χ4n) is 1.40. The van der Waals surface area contributed by atoms with Crippen LogP contribution in [0.5, 0.6) is 0 Å². The van der Waals surface area contributed by atoms with E-state index in [1.54, 1.807) is 10.9 Å². The first kappa shape index (κ1) is 9.27. The van der Waals surface area contributed by atoms with Crippen molar-refractivity contribution in [2.45, 2.75) is 13.5 Å². The largest absolute Gasteiger partial charge is 0.269 e. The minimum absolute atomic E-state index is 0.656. The molecule has 2 aromatic heterocycles. The fraction of sp³-hybridized carbons (Fsp3) is 0.333. The Morgan fingerprint density at radius 2 is 2.29 bits per heavy atom. The summed E-state index contributed by atoms with van der Waals surface area (Å²) in [6, 6.07) is 1.89. The highest BCUT2D eigenvalue weighted by atomic mass is 35.5. The maximum Gasteiger partial charge on any atom is 0.0866 e. The third-order valence-corrected chi connectivity index (χ3v) is 2.62. The highest BCUT2D eigenvalue weighted by Crippen LogP contribution is 2.19. The van der Waals surface area contributed by atoms with Gasteiger partial charge in [0.1, 0.15) is 0 Å². The van der Waals surface area contributed by atoms with E-state index in [0.29, 0.717) is 6.54 Å². The third-order valence-electron chi connectivity index (χ3n) is 2.13. The third kappa shape index (κ3) is 1.53. The molecule has 0 aliphatic heterocycles. The second-order valence-electron chi connectivity index (χ2n) is 3.17. The first-order chi connectivity index (χ1) is 6.68. The van der Waals surface area contributed by atoms with Crippen molar-refractivity contribution in [3.05, 3.63) is 34.9 Å². The average Bonchev–Trinajstić information content (AvgIpc) is 2.71. The molecule has 2 rings (SSSR count). The topological polar surface area (TPSA) is 35.6 Å². The molecule has 2 aromatic rings. The maximum absolute atomic E-state index is 6.11. The maximum atomic E-state index is 6.11. The van der Waals surface area contributed by atoms with Gasteiger partial charge in [-0.3, -0.25) is 9.36 Å². The Bertz CT molecular complexity index is 430. The van der Waals surface area contributed by atoms with Crippen LogP contribution >= 0.6 is 11.6 Å². The molecule has 4 nitrogen and oxygen atoms in total. The van der Waals surface area contributed by atoms with Crippen LogP contribution in [0.15, 0.2) is 18.5 Å². The van der Waals surface area contributed by atoms with Gasteiger partial charge in [-0.1, -0.05) is 11.6 Å². The van der Waals surface area contributed by atoms with Crippen LogP contribution in [-0.2, 0) is 13.6 Å². The molecule has 0 saturated heterocycles. The van der Waals surface area contributed by atoms with Crippen molar-refractivity contribution in [3.63, 3.8) is 0 Å². The van der Waals surface area contributed by atoms with E-state index in [2.05, 4.69) is 10.2 Å². The second kappa shape index (κ2) is 3.46. The zero-order chi connectivity index (χ0) is 10.1. The zero-order valence-corrected chi connectivity index (χ0v) is 8.86. The van der Waals surface area contributed by atoms with Gasteiger partial charge in [0.05, 0.1) is 23.0 Å². The zero-order valence-electron chi connectivity index (χ0n) is 8.11. The number of aryl methyl sites for hydroxylation is 2. The van der Waals surface area contributed by atoms with E-state index in [1.165, 1.54) is 0 Å². The Morgan fingerprint density at radius 3 is 2.79 bits per heavy atom. The number of hydrogen-bond acceptors (Lipinski definition) is 2. The van der Waals surface area contributed by atoms with Gasteiger partial charge in [-0.2, -0.15) is 10.2 Å². The molecule has 0 aliphatic carbocycles. The van der Waals surface area contributed by atoms with Gasteiger partial charge in [-0.15, -0.1) is 0 Å². The summed E-state index contributed by atoms with van der Waals surface area (Å²) in [5.74, 6) is 0. The van der Waals surface area contributed by atoms with Gasteiger partial charge in [0.25, 0.3) is 0 Å². The molecule has 74 valence electrons. The fourth-order valence-corrected chi connectivity index (χ4v) is 1.62. The van der Waals surface area contributed by atoms with E-state index < -0.39 is 0 Å². The van der Waals surface area contributed by atoms with Crippen molar-refractivity contribution in [2.75, 3.05) is 0 Å². The summed E-state index contributed by atoms with van der Waals surface area (Å²) < 4.78 is 3.61. The standard InChI is InChI=1S/C9H11ClN4/c1-7-9(10)8(13(2)12-7)6-14-5-3-4-11-14/h3-5H,6H2,1-2H3. The highest BCUT2D eigenvalue weighted by Gasteiger charge is 2.10. The summed E-state index contributed by atoms with van der Waals surface area (Å²) in [7, 11) is 1.89. The van der Waals surface area contributed by atoms with Crippen molar-refractivity contribution >= 4 is 11.6 Å². The Hall–Kier alpha value is -1.29. The first-order valence-corrected chi connectivity index (χ1v) is 4.71. The molecule has 0 spiro atoms. The van der Waals surface area contributed by atoms with Crippen molar-refractivity contribution in [1.82, 2.24) is 19.6 Å². The van der Waals surface area contributed by atoms with Gasteiger partial charge in [0.15, 0.2) is 0 Å². The Morgan fingerprint density at radius 1 is 1.50 bits per heavy atom. The molecule has 0 N–H and O–H groups in total. The van der Waals surface area contributed by atoms with Crippen LogP contribution in [0.2, 0.25) is 5.02 Å². The summed E-state index contributed by atoms with van der Waals surface area (Å²) in [6.07, 6.45) is 3.65. The van der Waals surface area contributed by atoms with Gasteiger partial charge >= 0.3 is 0 Å². The Labute approximate surface area is 87.1 Å². The molecule has 0 amide bonds. The number of rotatable bonds is 2. The Kier molecular flexibility index (Phi) is 2.29. The van der Waals surface area contributed by atoms with Crippen molar-refractivity contribution in [2.24, 2.45) is 7.05 Å². The molecule has 0 bridgehead atoms. The number of hydrogen-bond donors (Lipinski definition) is 0. The lowest BCUT2D eigenvalue weighted by Crippen LogP contribution is -2.06. The van der Waals surface area contributed by atoms with Crippen LogP contribution < -0.4 is 0 Å². The van der Waals surface area contributed by atoms with Crippen LogP contribution in [0.25, 0.3) is 0 Å². The molecular formula is C9H11ClN4. The molecule has 5 heteroatoms. The lowest BCUT2D eigenvalue weighted by Gasteiger charge is -2.02. The molecule has 0 aliphatic rings. The monoisotopic (exact) mass is 210 g/mol.